The molecule has 0 unspecified atom stereocenters. The highest BCUT2D eigenvalue weighted by Gasteiger charge is 2.45. The second-order valence-corrected chi connectivity index (χ2v) is 5.03. The molecule has 1 atom stereocenters. The monoisotopic (exact) mass is 338 g/mol. The van der Waals surface area contributed by atoms with Crippen LogP contribution in [0.15, 0.2) is 18.2 Å². The van der Waals surface area contributed by atoms with Crippen molar-refractivity contribution in [3.63, 3.8) is 0 Å². The second-order valence-electron chi connectivity index (χ2n) is 5.03. The lowest BCUT2D eigenvalue weighted by molar-refractivity contribution is -0.119. The first kappa shape index (κ1) is 18.9. The number of hydrogen-bond acceptors (Lipinski definition) is 5. The SMILES string of the molecule is COc1cc(O)ccc1[C@@H](N1CCNCC1)C(F)(F)CO.Cl. The van der Waals surface area contributed by atoms with E-state index in [0.29, 0.717) is 26.2 Å². The van der Waals surface area contributed by atoms with Crippen LogP contribution in [0, 0.1) is 0 Å². The van der Waals surface area contributed by atoms with Gasteiger partial charge in [0.2, 0.25) is 0 Å². The number of aromatic hydroxyl groups is 1. The molecule has 126 valence electrons. The summed E-state index contributed by atoms with van der Waals surface area (Å²) in [6, 6.07) is 2.78. The van der Waals surface area contributed by atoms with Crippen LogP contribution in [-0.2, 0) is 0 Å². The van der Waals surface area contributed by atoms with Gasteiger partial charge in [-0.2, -0.15) is 0 Å². The third-order valence-electron chi connectivity index (χ3n) is 3.64. The van der Waals surface area contributed by atoms with Gasteiger partial charge in [-0.15, -0.1) is 12.4 Å². The normalized spacial score (nSPS) is 17.6. The van der Waals surface area contributed by atoms with Crippen LogP contribution in [0.3, 0.4) is 0 Å². The summed E-state index contributed by atoms with van der Waals surface area (Å²) in [5.74, 6) is -3.17. The standard InChI is InChI=1S/C14H20F2N2O3.ClH/c1-21-12-8-10(20)2-3-11(12)13(14(15,16)9-19)18-6-4-17-5-7-18;/h2-3,8,13,17,19-20H,4-7,9H2,1H3;1H/t13-;/m1./s1. The zero-order valence-corrected chi connectivity index (χ0v) is 13.1. The number of hydrogen-bond donors (Lipinski definition) is 3. The van der Waals surface area contributed by atoms with Crippen LogP contribution in [0.4, 0.5) is 8.78 Å². The van der Waals surface area contributed by atoms with E-state index in [9.17, 15) is 13.9 Å². The molecule has 1 heterocycles. The molecule has 0 spiro atoms. The number of nitrogens with one attached hydrogen (secondary N) is 1. The average Bonchev–Trinajstić information content (AvgIpc) is 2.50. The number of phenols is 1. The first-order valence-electron chi connectivity index (χ1n) is 6.80. The Morgan fingerprint density at radius 1 is 1.36 bits per heavy atom. The topological polar surface area (TPSA) is 65.0 Å². The number of piperazine rings is 1. The Morgan fingerprint density at radius 2 is 2.00 bits per heavy atom. The molecule has 0 aromatic heterocycles. The Balaban J connectivity index is 0.00000242. The zero-order valence-electron chi connectivity index (χ0n) is 12.3. The van der Waals surface area contributed by atoms with Crippen molar-refractivity contribution in [3.8, 4) is 11.5 Å². The van der Waals surface area contributed by atoms with E-state index in [1.54, 1.807) is 4.90 Å². The smallest absolute Gasteiger partial charge is 0.290 e. The maximum Gasteiger partial charge on any atom is 0.290 e. The van der Waals surface area contributed by atoms with Gasteiger partial charge in [0, 0.05) is 37.8 Å². The van der Waals surface area contributed by atoms with Gasteiger partial charge in [0.1, 0.15) is 24.1 Å². The molecule has 5 nitrogen and oxygen atoms in total. The van der Waals surface area contributed by atoms with E-state index in [4.69, 9.17) is 9.84 Å². The molecule has 0 radical (unpaired) electrons. The maximum atomic E-state index is 14.3. The fraction of sp³-hybridized carbons (Fsp3) is 0.571. The molecular formula is C14H21ClF2N2O3. The lowest BCUT2D eigenvalue weighted by Gasteiger charge is -2.39. The number of aliphatic hydroxyl groups excluding tert-OH is 1. The van der Waals surface area contributed by atoms with Crippen LogP contribution in [0.1, 0.15) is 11.6 Å². The molecule has 1 aromatic carbocycles. The number of rotatable bonds is 5. The molecule has 1 aliphatic rings. The van der Waals surface area contributed by atoms with Crippen LogP contribution in [0.25, 0.3) is 0 Å². The summed E-state index contributed by atoms with van der Waals surface area (Å²) in [4.78, 5) is 1.63. The second kappa shape index (κ2) is 7.92. The minimum absolute atomic E-state index is 0. The van der Waals surface area contributed by atoms with Gasteiger partial charge in [-0.05, 0) is 12.1 Å². The molecule has 2 rings (SSSR count). The Labute approximate surface area is 134 Å². The number of aliphatic hydroxyl groups is 1. The first-order chi connectivity index (χ1) is 9.99. The van der Waals surface area contributed by atoms with Crippen LogP contribution in [0.5, 0.6) is 11.5 Å². The summed E-state index contributed by atoms with van der Waals surface area (Å²) >= 11 is 0. The molecule has 1 saturated heterocycles. The van der Waals surface area contributed by atoms with Gasteiger partial charge in [0.25, 0.3) is 5.92 Å². The summed E-state index contributed by atoms with van der Waals surface area (Å²) in [6.07, 6.45) is 0. The third kappa shape index (κ3) is 3.98. The molecule has 0 saturated carbocycles. The van der Waals surface area contributed by atoms with Crippen molar-refractivity contribution in [1.29, 1.82) is 0 Å². The Bertz CT molecular complexity index is 485. The molecule has 0 bridgehead atoms. The minimum atomic E-state index is -3.30. The molecule has 0 aliphatic carbocycles. The van der Waals surface area contributed by atoms with E-state index in [1.807, 2.05) is 0 Å². The van der Waals surface area contributed by atoms with Crippen molar-refractivity contribution in [2.45, 2.75) is 12.0 Å². The van der Waals surface area contributed by atoms with E-state index in [1.165, 1.54) is 25.3 Å². The lowest BCUT2D eigenvalue weighted by atomic mass is 9.97. The molecular weight excluding hydrogens is 318 g/mol. The van der Waals surface area contributed by atoms with Gasteiger partial charge >= 0.3 is 0 Å². The number of halogens is 3. The van der Waals surface area contributed by atoms with Crippen molar-refractivity contribution < 1.29 is 23.7 Å². The number of benzene rings is 1. The van der Waals surface area contributed by atoms with E-state index >= 15 is 0 Å². The molecule has 8 heteroatoms. The number of alkyl halides is 2. The maximum absolute atomic E-state index is 14.3. The third-order valence-corrected chi connectivity index (χ3v) is 3.64. The number of phenolic OH excluding ortho intramolecular Hbond substituents is 1. The molecule has 1 fully saturated rings. The van der Waals surface area contributed by atoms with Crippen molar-refractivity contribution in [2.24, 2.45) is 0 Å². The van der Waals surface area contributed by atoms with Gasteiger partial charge in [0.05, 0.1) is 7.11 Å². The number of nitrogens with zero attached hydrogens (tertiary/aromatic N) is 1. The van der Waals surface area contributed by atoms with Crippen molar-refractivity contribution in [1.82, 2.24) is 10.2 Å². The predicted molar refractivity (Wildman–Crippen MR) is 81.1 cm³/mol. The van der Waals surface area contributed by atoms with Crippen molar-refractivity contribution in [2.75, 3.05) is 39.9 Å². The highest BCUT2D eigenvalue weighted by Crippen LogP contribution is 2.41. The van der Waals surface area contributed by atoms with Crippen molar-refractivity contribution >= 4 is 12.4 Å². The van der Waals surface area contributed by atoms with Gasteiger partial charge in [-0.1, -0.05) is 0 Å². The quantitative estimate of drug-likeness (QED) is 0.757. The number of ether oxygens (including phenoxy) is 1. The van der Waals surface area contributed by atoms with Crippen LogP contribution >= 0.6 is 12.4 Å². The molecule has 0 amide bonds. The fourth-order valence-corrected chi connectivity index (χ4v) is 2.64. The van der Waals surface area contributed by atoms with Gasteiger partial charge in [-0.3, -0.25) is 4.90 Å². The summed E-state index contributed by atoms with van der Waals surface area (Å²) in [5, 5.41) is 21.7. The molecule has 3 N–H and O–H groups in total. The number of methoxy groups -OCH3 is 1. The largest absolute Gasteiger partial charge is 0.508 e. The summed E-state index contributed by atoms with van der Waals surface area (Å²) < 4.78 is 33.7. The highest BCUT2D eigenvalue weighted by molar-refractivity contribution is 5.85. The van der Waals surface area contributed by atoms with Gasteiger partial charge < -0.3 is 20.3 Å². The average molecular weight is 339 g/mol. The highest BCUT2D eigenvalue weighted by atomic mass is 35.5. The van der Waals surface area contributed by atoms with E-state index in [2.05, 4.69) is 5.32 Å². The summed E-state index contributed by atoms with van der Waals surface area (Å²) in [6.45, 7) is 0.872. The molecule has 1 aliphatic heterocycles. The van der Waals surface area contributed by atoms with E-state index < -0.39 is 18.6 Å². The van der Waals surface area contributed by atoms with Crippen LogP contribution in [0.2, 0.25) is 0 Å². The van der Waals surface area contributed by atoms with Gasteiger partial charge in [-0.25, -0.2) is 8.78 Å². The minimum Gasteiger partial charge on any atom is -0.508 e. The van der Waals surface area contributed by atoms with Crippen LogP contribution < -0.4 is 10.1 Å². The van der Waals surface area contributed by atoms with E-state index in [0.717, 1.165) is 0 Å². The lowest BCUT2D eigenvalue weighted by Crippen LogP contribution is -2.51. The Hall–Kier alpha value is -1.15. The van der Waals surface area contributed by atoms with Crippen molar-refractivity contribution in [3.05, 3.63) is 23.8 Å². The molecule has 22 heavy (non-hydrogen) atoms. The van der Waals surface area contributed by atoms with Crippen LogP contribution in [-0.4, -0.2) is 60.9 Å². The Morgan fingerprint density at radius 3 is 2.55 bits per heavy atom. The fourth-order valence-electron chi connectivity index (χ4n) is 2.64. The van der Waals surface area contributed by atoms with Gasteiger partial charge in [0.15, 0.2) is 0 Å². The zero-order chi connectivity index (χ0) is 15.5. The van der Waals surface area contributed by atoms with E-state index in [-0.39, 0.29) is 29.5 Å². The Kier molecular flexibility index (Phi) is 6.80. The first-order valence-corrected chi connectivity index (χ1v) is 6.80. The molecule has 1 aromatic rings. The summed E-state index contributed by atoms with van der Waals surface area (Å²) in [7, 11) is 1.37. The predicted octanol–water partition coefficient (Wildman–Crippen LogP) is 1.40. The summed E-state index contributed by atoms with van der Waals surface area (Å²) in [5.41, 5.74) is 0.260.